The minimum atomic E-state index is 0.415. The largest absolute Gasteiger partial charge is 0.378 e. The van der Waals surface area contributed by atoms with Crippen molar-refractivity contribution in [2.75, 3.05) is 13.2 Å². The van der Waals surface area contributed by atoms with Crippen LogP contribution in [-0.4, -0.2) is 19.3 Å². The number of hydrogen-bond donors (Lipinski definition) is 1. The standard InChI is InChI=1S/C15H19ClN2O/c16-15-9-12(10-17)4-5-13(15)11-18-7-6-14-3-1-2-8-19-14/h4-5,9,14,18H,1-3,6-8,11H2. The molecule has 1 fully saturated rings. The number of ether oxygens (including phenoxy) is 1. The number of rotatable bonds is 5. The molecule has 4 heteroatoms. The zero-order valence-corrected chi connectivity index (χ0v) is 11.7. The van der Waals surface area contributed by atoms with E-state index in [-0.39, 0.29) is 0 Å². The van der Waals surface area contributed by atoms with Crippen LogP contribution in [0.15, 0.2) is 18.2 Å². The molecule has 0 aromatic heterocycles. The second kappa shape index (κ2) is 7.49. The minimum Gasteiger partial charge on any atom is -0.378 e. The van der Waals surface area contributed by atoms with Crippen LogP contribution in [0.2, 0.25) is 5.02 Å². The molecule has 19 heavy (non-hydrogen) atoms. The Morgan fingerprint density at radius 1 is 1.42 bits per heavy atom. The predicted molar refractivity (Wildman–Crippen MR) is 76.1 cm³/mol. The summed E-state index contributed by atoms with van der Waals surface area (Å²) >= 11 is 6.12. The zero-order chi connectivity index (χ0) is 13.5. The number of halogens is 1. The van der Waals surface area contributed by atoms with Crippen molar-refractivity contribution in [1.29, 1.82) is 5.26 Å². The van der Waals surface area contributed by atoms with E-state index in [4.69, 9.17) is 21.6 Å². The number of hydrogen-bond acceptors (Lipinski definition) is 3. The molecular formula is C15H19ClN2O. The summed E-state index contributed by atoms with van der Waals surface area (Å²) in [5.74, 6) is 0. The van der Waals surface area contributed by atoms with Gasteiger partial charge in [-0.15, -0.1) is 0 Å². The van der Waals surface area contributed by atoms with Crippen LogP contribution in [0.5, 0.6) is 0 Å². The van der Waals surface area contributed by atoms with E-state index < -0.39 is 0 Å². The number of nitriles is 1. The number of benzene rings is 1. The molecule has 0 spiro atoms. The third kappa shape index (κ3) is 4.50. The van der Waals surface area contributed by atoms with Crippen LogP contribution >= 0.6 is 11.6 Å². The number of nitrogens with one attached hydrogen (secondary N) is 1. The van der Waals surface area contributed by atoms with Gasteiger partial charge in [0.25, 0.3) is 0 Å². The minimum absolute atomic E-state index is 0.415. The molecule has 1 saturated heterocycles. The van der Waals surface area contributed by atoms with Gasteiger partial charge in [-0.05, 0) is 49.9 Å². The lowest BCUT2D eigenvalue weighted by atomic mass is 10.1. The van der Waals surface area contributed by atoms with Gasteiger partial charge in [-0.25, -0.2) is 0 Å². The molecule has 0 amide bonds. The Balaban J connectivity index is 1.72. The van der Waals surface area contributed by atoms with E-state index in [0.717, 1.165) is 31.7 Å². The monoisotopic (exact) mass is 278 g/mol. The summed E-state index contributed by atoms with van der Waals surface area (Å²) in [6.45, 7) is 2.57. The Hall–Kier alpha value is -1.08. The maximum absolute atomic E-state index is 8.77. The fourth-order valence-corrected chi connectivity index (χ4v) is 2.53. The van der Waals surface area contributed by atoms with Crippen molar-refractivity contribution in [2.24, 2.45) is 0 Å². The first-order valence-corrected chi connectivity index (χ1v) is 7.18. The summed E-state index contributed by atoms with van der Waals surface area (Å²) in [6.07, 6.45) is 5.13. The van der Waals surface area contributed by atoms with Crippen molar-refractivity contribution in [1.82, 2.24) is 5.32 Å². The molecule has 1 heterocycles. The van der Waals surface area contributed by atoms with E-state index in [1.165, 1.54) is 19.3 Å². The van der Waals surface area contributed by atoms with Crippen molar-refractivity contribution in [3.05, 3.63) is 34.3 Å². The SMILES string of the molecule is N#Cc1ccc(CNCCC2CCCCO2)c(Cl)c1. The van der Waals surface area contributed by atoms with Gasteiger partial charge in [0.2, 0.25) is 0 Å². The Morgan fingerprint density at radius 2 is 2.32 bits per heavy atom. The van der Waals surface area contributed by atoms with E-state index in [9.17, 15) is 0 Å². The van der Waals surface area contributed by atoms with Crippen molar-refractivity contribution < 1.29 is 4.74 Å². The Bertz CT molecular complexity index is 450. The van der Waals surface area contributed by atoms with Gasteiger partial charge in [0.15, 0.2) is 0 Å². The van der Waals surface area contributed by atoms with Crippen LogP contribution in [0.4, 0.5) is 0 Å². The van der Waals surface area contributed by atoms with E-state index >= 15 is 0 Å². The first-order valence-electron chi connectivity index (χ1n) is 6.80. The van der Waals surface area contributed by atoms with Gasteiger partial charge in [-0.2, -0.15) is 5.26 Å². The van der Waals surface area contributed by atoms with Crippen LogP contribution in [-0.2, 0) is 11.3 Å². The third-order valence-electron chi connectivity index (χ3n) is 3.41. The van der Waals surface area contributed by atoms with Crippen molar-refractivity contribution in [3.8, 4) is 6.07 Å². The van der Waals surface area contributed by atoms with E-state index in [1.54, 1.807) is 12.1 Å². The van der Waals surface area contributed by atoms with Crippen molar-refractivity contribution in [3.63, 3.8) is 0 Å². The van der Waals surface area contributed by atoms with Gasteiger partial charge in [0.1, 0.15) is 0 Å². The molecule has 1 aromatic rings. The molecule has 1 aromatic carbocycles. The topological polar surface area (TPSA) is 45.0 Å². The molecule has 0 aliphatic carbocycles. The summed E-state index contributed by atoms with van der Waals surface area (Å²) in [7, 11) is 0. The normalized spacial score (nSPS) is 19.1. The maximum Gasteiger partial charge on any atom is 0.0992 e. The fraction of sp³-hybridized carbons (Fsp3) is 0.533. The molecule has 1 aliphatic heterocycles. The van der Waals surface area contributed by atoms with Gasteiger partial charge in [0, 0.05) is 18.2 Å². The van der Waals surface area contributed by atoms with Crippen LogP contribution in [0.25, 0.3) is 0 Å². The van der Waals surface area contributed by atoms with Gasteiger partial charge in [-0.1, -0.05) is 17.7 Å². The molecule has 1 unspecified atom stereocenters. The zero-order valence-electron chi connectivity index (χ0n) is 11.0. The van der Waals surface area contributed by atoms with E-state index in [2.05, 4.69) is 11.4 Å². The molecule has 3 nitrogen and oxygen atoms in total. The molecule has 2 rings (SSSR count). The quantitative estimate of drug-likeness (QED) is 0.841. The van der Waals surface area contributed by atoms with Gasteiger partial charge >= 0.3 is 0 Å². The smallest absolute Gasteiger partial charge is 0.0992 e. The van der Waals surface area contributed by atoms with Gasteiger partial charge in [0.05, 0.1) is 17.7 Å². The summed E-state index contributed by atoms with van der Waals surface area (Å²) in [5, 5.41) is 12.8. The second-order valence-electron chi connectivity index (χ2n) is 4.87. The second-order valence-corrected chi connectivity index (χ2v) is 5.28. The summed E-state index contributed by atoms with van der Waals surface area (Å²) in [6, 6.07) is 7.50. The first-order chi connectivity index (χ1) is 9.29. The lowest BCUT2D eigenvalue weighted by Gasteiger charge is -2.22. The Kier molecular flexibility index (Phi) is 5.65. The van der Waals surface area contributed by atoms with Crippen LogP contribution in [0.3, 0.4) is 0 Å². The first kappa shape index (κ1) is 14.3. The van der Waals surface area contributed by atoms with Crippen LogP contribution in [0, 0.1) is 11.3 Å². The molecule has 1 aliphatic rings. The highest BCUT2D eigenvalue weighted by Gasteiger charge is 2.12. The van der Waals surface area contributed by atoms with Crippen molar-refractivity contribution in [2.45, 2.75) is 38.3 Å². The Morgan fingerprint density at radius 3 is 3.00 bits per heavy atom. The lowest BCUT2D eigenvalue weighted by Crippen LogP contribution is -2.25. The van der Waals surface area contributed by atoms with Gasteiger partial charge in [-0.3, -0.25) is 0 Å². The fourth-order valence-electron chi connectivity index (χ4n) is 2.28. The highest BCUT2D eigenvalue weighted by atomic mass is 35.5. The molecule has 1 atom stereocenters. The molecule has 0 saturated carbocycles. The lowest BCUT2D eigenvalue weighted by molar-refractivity contribution is 0.0115. The van der Waals surface area contributed by atoms with E-state index in [1.807, 2.05) is 6.07 Å². The van der Waals surface area contributed by atoms with E-state index in [0.29, 0.717) is 16.7 Å². The number of nitrogens with zero attached hydrogens (tertiary/aromatic N) is 1. The molecular weight excluding hydrogens is 260 g/mol. The van der Waals surface area contributed by atoms with Crippen LogP contribution < -0.4 is 5.32 Å². The summed E-state index contributed by atoms with van der Waals surface area (Å²) < 4.78 is 5.68. The Labute approximate surface area is 119 Å². The maximum atomic E-state index is 8.77. The molecule has 0 radical (unpaired) electrons. The highest BCUT2D eigenvalue weighted by Crippen LogP contribution is 2.18. The third-order valence-corrected chi connectivity index (χ3v) is 3.77. The molecule has 0 bridgehead atoms. The van der Waals surface area contributed by atoms with Crippen LogP contribution in [0.1, 0.15) is 36.8 Å². The summed E-state index contributed by atoms with van der Waals surface area (Å²) in [5.41, 5.74) is 1.63. The summed E-state index contributed by atoms with van der Waals surface area (Å²) in [4.78, 5) is 0. The predicted octanol–water partition coefficient (Wildman–Crippen LogP) is 3.26. The average Bonchev–Trinajstić information content (AvgIpc) is 2.46. The molecule has 102 valence electrons. The van der Waals surface area contributed by atoms with Gasteiger partial charge < -0.3 is 10.1 Å². The highest BCUT2D eigenvalue weighted by molar-refractivity contribution is 6.31. The van der Waals surface area contributed by atoms with Crippen molar-refractivity contribution >= 4 is 11.6 Å². The molecule has 1 N–H and O–H groups in total. The average molecular weight is 279 g/mol.